The summed E-state index contributed by atoms with van der Waals surface area (Å²) in [5, 5.41) is 0. The van der Waals surface area contributed by atoms with Crippen LogP contribution in [0.15, 0.2) is 29.2 Å². The molecule has 4 nitrogen and oxygen atoms in total. The van der Waals surface area contributed by atoms with E-state index in [-0.39, 0.29) is 5.92 Å². The quantitative estimate of drug-likeness (QED) is 0.905. The maximum absolute atomic E-state index is 12.8. The molecule has 2 unspecified atom stereocenters. The molecule has 2 rings (SSSR count). The molecule has 2 atom stereocenters. The number of nitrogens with zero attached hydrogens (tertiary/aromatic N) is 1. The fourth-order valence-corrected chi connectivity index (χ4v) is 4.57. The van der Waals surface area contributed by atoms with Crippen molar-refractivity contribution in [3.63, 3.8) is 0 Å². The van der Waals surface area contributed by atoms with Gasteiger partial charge in [-0.05, 0) is 54.8 Å². The van der Waals surface area contributed by atoms with Crippen molar-refractivity contribution in [2.24, 2.45) is 23.5 Å². The third-order valence-corrected chi connectivity index (χ3v) is 6.46. The van der Waals surface area contributed by atoms with Crippen LogP contribution in [0.3, 0.4) is 0 Å². The third kappa shape index (κ3) is 3.89. The van der Waals surface area contributed by atoms with Crippen molar-refractivity contribution in [2.75, 3.05) is 19.6 Å². The molecule has 0 aromatic heterocycles. The van der Waals surface area contributed by atoms with Crippen molar-refractivity contribution in [1.29, 1.82) is 0 Å². The number of piperidine rings is 1. The van der Waals surface area contributed by atoms with Gasteiger partial charge in [0, 0.05) is 13.1 Å². The van der Waals surface area contributed by atoms with Gasteiger partial charge in [0.2, 0.25) is 10.0 Å². The first kappa shape index (κ1) is 17.4. The molecule has 1 aliphatic rings. The van der Waals surface area contributed by atoms with Crippen LogP contribution in [0.4, 0.5) is 0 Å². The third-order valence-electron chi connectivity index (χ3n) is 4.58. The molecular weight excluding hydrogens is 296 g/mol. The second-order valence-electron chi connectivity index (χ2n) is 6.87. The van der Waals surface area contributed by atoms with Crippen LogP contribution in [0.1, 0.15) is 32.8 Å². The number of sulfonamides is 1. The first-order valence-corrected chi connectivity index (χ1v) is 9.57. The molecule has 5 heteroatoms. The summed E-state index contributed by atoms with van der Waals surface area (Å²) >= 11 is 0. The number of hydrogen-bond acceptors (Lipinski definition) is 3. The monoisotopic (exact) mass is 324 g/mol. The first-order valence-electron chi connectivity index (χ1n) is 8.13. The average Bonchev–Trinajstić information content (AvgIpc) is 2.47. The molecule has 1 aromatic carbocycles. The summed E-state index contributed by atoms with van der Waals surface area (Å²) in [5.74, 6) is 1.31. The lowest BCUT2D eigenvalue weighted by atomic mass is 9.88. The summed E-state index contributed by atoms with van der Waals surface area (Å²) in [6.07, 6.45) is 1.85. The van der Waals surface area contributed by atoms with Crippen LogP contribution in [-0.4, -0.2) is 32.4 Å². The Kier molecular flexibility index (Phi) is 5.64. The van der Waals surface area contributed by atoms with Crippen LogP contribution < -0.4 is 5.73 Å². The minimum atomic E-state index is -3.40. The van der Waals surface area contributed by atoms with Crippen molar-refractivity contribution in [1.82, 2.24) is 4.31 Å². The van der Waals surface area contributed by atoms with Gasteiger partial charge in [-0.2, -0.15) is 4.31 Å². The minimum absolute atomic E-state index is 0.253. The normalized spacial score (nSPS) is 23.9. The van der Waals surface area contributed by atoms with Crippen molar-refractivity contribution in [3.8, 4) is 0 Å². The highest BCUT2D eigenvalue weighted by molar-refractivity contribution is 7.89. The van der Waals surface area contributed by atoms with E-state index < -0.39 is 10.0 Å². The molecule has 124 valence electrons. The molecule has 0 amide bonds. The number of nitrogens with two attached hydrogens (primary N) is 1. The highest BCUT2D eigenvalue weighted by Crippen LogP contribution is 2.27. The van der Waals surface area contributed by atoms with Gasteiger partial charge in [-0.3, -0.25) is 0 Å². The molecule has 1 aromatic rings. The zero-order valence-corrected chi connectivity index (χ0v) is 14.6. The van der Waals surface area contributed by atoms with E-state index in [1.54, 1.807) is 16.4 Å². The van der Waals surface area contributed by atoms with Crippen LogP contribution in [-0.2, 0) is 16.4 Å². The zero-order chi connectivity index (χ0) is 16.3. The highest BCUT2D eigenvalue weighted by Gasteiger charge is 2.32. The van der Waals surface area contributed by atoms with E-state index >= 15 is 0 Å². The van der Waals surface area contributed by atoms with Gasteiger partial charge in [0.15, 0.2) is 0 Å². The maximum Gasteiger partial charge on any atom is 0.243 e. The second kappa shape index (κ2) is 7.11. The summed E-state index contributed by atoms with van der Waals surface area (Å²) < 4.78 is 27.1. The predicted octanol–water partition coefficient (Wildman–Crippen LogP) is 2.49. The van der Waals surface area contributed by atoms with Crippen LogP contribution in [0.25, 0.3) is 0 Å². The largest absolute Gasteiger partial charge is 0.330 e. The Morgan fingerprint density at radius 1 is 1.27 bits per heavy atom. The smallest absolute Gasteiger partial charge is 0.243 e. The van der Waals surface area contributed by atoms with E-state index in [1.807, 2.05) is 12.1 Å². The highest BCUT2D eigenvalue weighted by atomic mass is 32.2. The molecular formula is C17H28N2O2S. The number of rotatable bonds is 5. The van der Waals surface area contributed by atoms with Gasteiger partial charge in [-0.25, -0.2) is 8.42 Å². The SMILES string of the molecule is CC(C)Cc1ccc(S(=O)(=O)N2CCC(C)C(CN)C2)cc1. The van der Waals surface area contributed by atoms with Crippen molar-refractivity contribution < 1.29 is 8.42 Å². The van der Waals surface area contributed by atoms with Gasteiger partial charge in [0.25, 0.3) is 0 Å². The van der Waals surface area contributed by atoms with E-state index in [2.05, 4.69) is 20.8 Å². The van der Waals surface area contributed by atoms with E-state index in [0.29, 0.717) is 36.4 Å². The standard InChI is InChI=1S/C17H28N2O2S/c1-13(2)10-15-4-6-17(7-5-15)22(20,21)19-9-8-14(3)16(11-18)12-19/h4-7,13-14,16H,8-12,18H2,1-3H3. The topological polar surface area (TPSA) is 63.4 Å². The van der Waals surface area contributed by atoms with Crippen molar-refractivity contribution in [3.05, 3.63) is 29.8 Å². The van der Waals surface area contributed by atoms with Gasteiger partial charge in [0.1, 0.15) is 0 Å². The lowest BCUT2D eigenvalue weighted by Gasteiger charge is -2.35. The summed E-state index contributed by atoms with van der Waals surface area (Å²) in [4.78, 5) is 0.394. The molecule has 0 spiro atoms. The Bertz CT molecular complexity index is 581. The first-order chi connectivity index (χ1) is 10.3. The summed E-state index contributed by atoms with van der Waals surface area (Å²) in [6, 6.07) is 7.34. The lowest BCUT2D eigenvalue weighted by molar-refractivity contribution is 0.203. The molecule has 0 aliphatic carbocycles. The Morgan fingerprint density at radius 3 is 2.45 bits per heavy atom. The Balaban J connectivity index is 2.16. The molecule has 1 aliphatic heterocycles. The summed E-state index contributed by atoms with van der Waals surface area (Å²) in [6.45, 7) is 8.14. The van der Waals surface area contributed by atoms with E-state index in [9.17, 15) is 8.42 Å². The maximum atomic E-state index is 12.8. The van der Waals surface area contributed by atoms with Crippen LogP contribution in [0.2, 0.25) is 0 Å². The Hall–Kier alpha value is -0.910. The van der Waals surface area contributed by atoms with Gasteiger partial charge < -0.3 is 5.73 Å². The average molecular weight is 324 g/mol. The second-order valence-corrected chi connectivity index (χ2v) is 8.80. The van der Waals surface area contributed by atoms with Crippen LogP contribution >= 0.6 is 0 Å². The van der Waals surface area contributed by atoms with Crippen LogP contribution in [0.5, 0.6) is 0 Å². The summed E-state index contributed by atoms with van der Waals surface area (Å²) in [7, 11) is -3.40. The number of benzene rings is 1. The molecule has 22 heavy (non-hydrogen) atoms. The van der Waals surface area contributed by atoms with Gasteiger partial charge in [0.05, 0.1) is 4.90 Å². The van der Waals surface area contributed by atoms with Gasteiger partial charge in [-0.15, -0.1) is 0 Å². The van der Waals surface area contributed by atoms with Gasteiger partial charge in [-0.1, -0.05) is 32.9 Å². The molecule has 0 radical (unpaired) electrons. The molecule has 0 saturated carbocycles. The fourth-order valence-electron chi connectivity index (χ4n) is 3.06. The van der Waals surface area contributed by atoms with Crippen molar-refractivity contribution >= 4 is 10.0 Å². The molecule has 0 bridgehead atoms. The molecule has 1 fully saturated rings. The van der Waals surface area contributed by atoms with Crippen molar-refractivity contribution in [2.45, 2.75) is 38.5 Å². The zero-order valence-electron chi connectivity index (χ0n) is 13.8. The van der Waals surface area contributed by atoms with E-state index in [4.69, 9.17) is 5.73 Å². The number of hydrogen-bond donors (Lipinski definition) is 1. The van der Waals surface area contributed by atoms with E-state index in [1.165, 1.54) is 5.56 Å². The molecule has 1 saturated heterocycles. The molecule has 1 heterocycles. The lowest BCUT2D eigenvalue weighted by Crippen LogP contribution is -2.45. The Labute approximate surface area is 134 Å². The summed E-state index contributed by atoms with van der Waals surface area (Å²) in [5.41, 5.74) is 6.96. The van der Waals surface area contributed by atoms with Crippen LogP contribution in [0, 0.1) is 17.8 Å². The van der Waals surface area contributed by atoms with E-state index in [0.717, 1.165) is 12.8 Å². The fraction of sp³-hybridized carbons (Fsp3) is 0.647. The predicted molar refractivity (Wildman–Crippen MR) is 90.1 cm³/mol. The molecule has 2 N–H and O–H groups in total. The van der Waals surface area contributed by atoms with Gasteiger partial charge >= 0.3 is 0 Å². The minimum Gasteiger partial charge on any atom is -0.330 e. The Morgan fingerprint density at radius 2 is 1.91 bits per heavy atom.